The lowest BCUT2D eigenvalue weighted by Gasteiger charge is -2.28. The number of nitrogens with zero attached hydrogens (tertiary/aromatic N) is 2. The molecule has 0 atom stereocenters. The standard InChI is InChI=1S/C14H18N2O3/c1-15(11-5-3-2-4-6-11)14(19)16(12-7-8-12)10-9-13(17)18/h2-6,12H,7-10H2,1H3,(H,17,18). The van der Waals surface area contributed by atoms with Crippen molar-refractivity contribution >= 4 is 17.7 Å². The zero-order valence-electron chi connectivity index (χ0n) is 11.0. The molecule has 1 aliphatic rings. The summed E-state index contributed by atoms with van der Waals surface area (Å²) < 4.78 is 0. The van der Waals surface area contributed by atoms with Crippen molar-refractivity contribution in [3.63, 3.8) is 0 Å². The van der Waals surface area contributed by atoms with E-state index in [4.69, 9.17) is 5.11 Å². The van der Waals surface area contributed by atoms with Crippen molar-refractivity contribution < 1.29 is 14.7 Å². The van der Waals surface area contributed by atoms with Crippen molar-refractivity contribution in [3.8, 4) is 0 Å². The highest BCUT2D eigenvalue weighted by atomic mass is 16.4. The van der Waals surface area contributed by atoms with Crippen LogP contribution < -0.4 is 4.90 Å². The predicted octanol–water partition coefficient (Wildman–Crippen LogP) is 2.18. The van der Waals surface area contributed by atoms with E-state index in [1.807, 2.05) is 30.3 Å². The fraction of sp³-hybridized carbons (Fsp3) is 0.429. The molecule has 0 saturated heterocycles. The predicted molar refractivity (Wildman–Crippen MR) is 72.2 cm³/mol. The Morgan fingerprint density at radius 1 is 1.26 bits per heavy atom. The number of carboxylic acids is 1. The Morgan fingerprint density at radius 2 is 1.89 bits per heavy atom. The summed E-state index contributed by atoms with van der Waals surface area (Å²) in [6.07, 6.45) is 1.92. The molecule has 1 aliphatic carbocycles. The van der Waals surface area contributed by atoms with Gasteiger partial charge >= 0.3 is 12.0 Å². The zero-order chi connectivity index (χ0) is 13.8. The van der Waals surface area contributed by atoms with Crippen molar-refractivity contribution in [3.05, 3.63) is 30.3 Å². The molecule has 0 spiro atoms. The minimum absolute atomic E-state index is 0.00906. The van der Waals surface area contributed by atoms with E-state index in [9.17, 15) is 9.59 Å². The first-order chi connectivity index (χ1) is 9.09. The van der Waals surface area contributed by atoms with Crippen molar-refractivity contribution in [1.82, 2.24) is 4.90 Å². The number of aliphatic carboxylic acids is 1. The number of amides is 2. The van der Waals surface area contributed by atoms with Gasteiger partial charge in [0.15, 0.2) is 0 Å². The molecular formula is C14H18N2O3. The number of para-hydroxylation sites is 1. The van der Waals surface area contributed by atoms with Crippen LogP contribution in [-0.4, -0.2) is 41.6 Å². The second-order valence-electron chi connectivity index (χ2n) is 4.75. The molecule has 102 valence electrons. The molecule has 1 aromatic carbocycles. The molecule has 1 N–H and O–H groups in total. The van der Waals surface area contributed by atoms with Crippen LogP contribution >= 0.6 is 0 Å². The second kappa shape index (κ2) is 5.73. The van der Waals surface area contributed by atoms with Crippen LogP contribution in [0.2, 0.25) is 0 Å². The maximum atomic E-state index is 12.4. The smallest absolute Gasteiger partial charge is 0.324 e. The third-order valence-corrected chi connectivity index (χ3v) is 3.23. The minimum Gasteiger partial charge on any atom is -0.481 e. The number of hydrogen-bond donors (Lipinski definition) is 1. The molecule has 0 aromatic heterocycles. The summed E-state index contributed by atoms with van der Waals surface area (Å²) in [6, 6.07) is 9.44. The van der Waals surface area contributed by atoms with Gasteiger partial charge in [0.1, 0.15) is 0 Å². The van der Waals surface area contributed by atoms with Crippen LogP contribution in [0.4, 0.5) is 10.5 Å². The van der Waals surface area contributed by atoms with E-state index >= 15 is 0 Å². The van der Waals surface area contributed by atoms with Gasteiger partial charge in [0.2, 0.25) is 0 Å². The van der Waals surface area contributed by atoms with Crippen molar-refractivity contribution in [2.24, 2.45) is 0 Å². The summed E-state index contributed by atoms with van der Waals surface area (Å²) in [5.41, 5.74) is 0.813. The van der Waals surface area contributed by atoms with Gasteiger partial charge in [-0.3, -0.25) is 9.69 Å². The number of urea groups is 1. The monoisotopic (exact) mass is 262 g/mol. The Balaban J connectivity index is 2.04. The Kier molecular flexibility index (Phi) is 4.04. The van der Waals surface area contributed by atoms with Crippen LogP contribution in [0.5, 0.6) is 0 Å². The number of anilines is 1. The van der Waals surface area contributed by atoms with E-state index in [0.717, 1.165) is 18.5 Å². The lowest BCUT2D eigenvalue weighted by atomic mass is 10.3. The zero-order valence-corrected chi connectivity index (χ0v) is 11.0. The Bertz CT molecular complexity index is 457. The van der Waals surface area contributed by atoms with Gasteiger partial charge in [0, 0.05) is 25.3 Å². The molecule has 1 aromatic rings. The van der Waals surface area contributed by atoms with Crippen LogP contribution in [0.3, 0.4) is 0 Å². The molecule has 0 bridgehead atoms. The maximum Gasteiger partial charge on any atom is 0.324 e. The molecule has 1 fully saturated rings. The highest BCUT2D eigenvalue weighted by Crippen LogP contribution is 2.28. The van der Waals surface area contributed by atoms with Crippen LogP contribution in [-0.2, 0) is 4.79 Å². The normalized spacial score (nSPS) is 13.9. The number of carbonyl (C=O) groups is 2. The topological polar surface area (TPSA) is 60.9 Å². The molecule has 5 nitrogen and oxygen atoms in total. The van der Waals surface area contributed by atoms with Crippen LogP contribution in [0.1, 0.15) is 19.3 Å². The summed E-state index contributed by atoms with van der Waals surface area (Å²) in [7, 11) is 1.72. The Morgan fingerprint density at radius 3 is 2.42 bits per heavy atom. The molecule has 2 amide bonds. The lowest BCUT2D eigenvalue weighted by Crippen LogP contribution is -2.43. The second-order valence-corrected chi connectivity index (χ2v) is 4.75. The average Bonchev–Trinajstić information content (AvgIpc) is 3.23. The summed E-state index contributed by atoms with van der Waals surface area (Å²) in [5.74, 6) is -0.874. The van der Waals surface area contributed by atoms with Crippen molar-refractivity contribution in [2.75, 3.05) is 18.5 Å². The SMILES string of the molecule is CN(C(=O)N(CCC(=O)O)C1CC1)c1ccccc1. The van der Waals surface area contributed by atoms with Gasteiger partial charge in [-0.2, -0.15) is 0 Å². The minimum atomic E-state index is -0.874. The molecule has 19 heavy (non-hydrogen) atoms. The Hall–Kier alpha value is -2.04. The van der Waals surface area contributed by atoms with E-state index in [1.54, 1.807) is 16.8 Å². The maximum absolute atomic E-state index is 12.4. The molecule has 5 heteroatoms. The van der Waals surface area contributed by atoms with Gasteiger partial charge in [-0.1, -0.05) is 18.2 Å². The number of carbonyl (C=O) groups excluding carboxylic acids is 1. The van der Waals surface area contributed by atoms with Gasteiger partial charge in [0.25, 0.3) is 0 Å². The van der Waals surface area contributed by atoms with Gasteiger partial charge in [-0.15, -0.1) is 0 Å². The fourth-order valence-corrected chi connectivity index (χ4v) is 1.99. The molecule has 0 unspecified atom stereocenters. The quantitative estimate of drug-likeness (QED) is 0.884. The molecule has 1 saturated carbocycles. The molecular weight excluding hydrogens is 244 g/mol. The van der Waals surface area contributed by atoms with E-state index in [1.165, 1.54) is 0 Å². The highest BCUT2D eigenvalue weighted by molar-refractivity contribution is 5.92. The first-order valence-corrected chi connectivity index (χ1v) is 6.41. The molecule has 0 heterocycles. The summed E-state index contributed by atoms with van der Waals surface area (Å²) >= 11 is 0. The van der Waals surface area contributed by atoms with Crippen molar-refractivity contribution in [1.29, 1.82) is 0 Å². The van der Waals surface area contributed by atoms with E-state index in [0.29, 0.717) is 0 Å². The van der Waals surface area contributed by atoms with Crippen LogP contribution in [0.15, 0.2) is 30.3 Å². The third kappa shape index (κ3) is 3.47. The molecule has 2 rings (SSSR count). The molecule has 0 aliphatic heterocycles. The average molecular weight is 262 g/mol. The number of rotatable bonds is 5. The van der Waals surface area contributed by atoms with Crippen LogP contribution in [0, 0.1) is 0 Å². The third-order valence-electron chi connectivity index (χ3n) is 3.23. The largest absolute Gasteiger partial charge is 0.481 e. The highest BCUT2D eigenvalue weighted by Gasteiger charge is 2.34. The van der Waals surface area contributed by atoms with Gasteiger partial charge in [-0.05, 0) is 25.0 Å². The van der Waals surface area contributed by atoms with E-state index < -0.39 is 5.97 Å². The van der Waals surface area contributed by atoms with Gasteiger partial charge < -0.3 is 10.0 Å². The summed E-state index contributed by atoms with van der Waals surface area (Å²) in [6.45, 7) is 0.274. The van der Waals surface area contributed by atoms with Gasteiger partial charge in [-0.25, -0.2) is 4.79 Å². The Labute approximate surface area is 112 Å². The summed E-state index contributed by atoms with van der Waals surface area (Å²) in [5, 5.41) is 8.75. The number of benzene rings is 1. The lowest BCUT2D eigenvalue weighted by molar-refractivity contribution is -0.137. The van der Waals surface area contributed by atoms with E-state index in [-0.39, 0.29) is 25.0 Å². The van der Waals surface area contributed by atoms with Crippen LogP contribution in [0.25, 0.3) is 0 Å². The van der Waals surface area contributed by atoms with E-state index in [2.05, 4.69) is 0 Å². The van der Waals surface area contributed by atoms with Gasteiger partial charge in [0.05, 0.1) is 6.42 Å². The first-order valence-electron chi connectivity index (χ1n) is 6.41. The first kappa shape index (κ1) is 13.4. The molecule has 0 radical (unpaired) electrons. The summed E-state index contributed by atoms with van der Waals surface area (Å²) in [4.78, 5) is 26.3. The number of carboxylic acid groups (broad SMARTS) is 1. The fourth-order valence-electron chi connectivity index (χ4n) is 1.99. The van der Waals surface area contributed by atoms with Crippen molar-refractivity contribution in [2.45, 2.75) is 25.3 Å². The number of hydrogen-bond acceptors (Lipinski definition) is 2.